The van der Waals surface area contributed by atoms with E-state index in [2.05, 4.69) is 107 Å². The summed E-state index contributed by atoms with van der Waals surface area (Å²) in [6.45, 7) is 0.775. The second kappa shape index (κ2) is 7.04. The highest BCUT2D eigenvalue weighted by Gasteiger charge is 2.20. The van der Waals surface area contributed by atoms with Crippen LogP contribution in [0.1, 0.15) is 5.69 Å². The van der Waals surface area contributed by atoms with Crippen molar-refractivity contribution >= 4 is 44.3 Å². The van der Waals surface area contributed by atoms with Crippen LogP contribution in [0.3, 0.4) is 0 Å². The van der Waals surface area contributed by atoms with E-state index < -0.39 is 0 Å². The Balaban J connectivity index is 1.60. The van der Waals surface area contributed by atoms with E-state index in [1.165, 1.54) is 21.5 Å². The molecule has 1 aliphatic rings. The average Bonchev–Trinajstić information content (AvgIpc) is 3.20. The highest BCUT2D eigenvalue weighted by molar-refractivity contribution is 6.13. The molecule has 6 aromatic rings. The number of aromatic nitrogens is 3. The van der Waals surface area contributed by atoms with Crippen LogP contribution >= 0.6 is 0 Å². The Kier molecular flexibility index (Phi) is 3.87. The maximum absolute atomic E-state index is 5.13. The predicted molar refractivity (Wildman–Crippen MR) is 137 cm³/mol. The minimum absolute atomic E-state index is 0.683. The van der Waals surface area contributed by atoms with Crippen molar-refractivity contribution in [3.05, 3.63) is 103 Å². The van der Waals surface area contributed by atoms with Gasteiger partial charge in [0, 0.05) is 22.9 Å². The van der Waals surface area contributed by atoms with Gasteiger partial charge < -0.3 is 5.32 Å². The van der Waals surface area contributed by atoms with Crippen molar-refractivity contribution in [1.29, 1.82) is 0 Å². The first-order chi connectivity index (χ1) is 16.4. The summed E-state index contributed by atoms with van der Waals surface area (Å²) in [7, 11) is 0. The van der Waals surface area contributed by atoms with E-state index >= 15 is 0 Å². The molecule has 0 saturated heterocycles. The molecular formula is C29H20N4. The molecule has 0 spiro atoms. The number of hydrogen-bond acceptors (Lipinski definition) is 3. The topological polar surface area (TPSA) is 42.7 Å². The van der Waals surface area contributed by atoms with Gasteiger partial charge in [-0.15, -0.1) is 0 Å². The number of nitrogens with zero attached hydrogens (tertiary/aromatic N) is 3. The zero-order valence-corrected chi connectivity index (χ0v) is 17.9. The molecule has 0 unspecified atom stereocenters. The van der Waals surface area contributed by atoms with Crippen molar-refractivity contribution in [3.63, 3.8) is 0 Å². The minimum Gasteiger partial charge on any atom is -0.378 e. The molecule has 4 nitrogen and oxygen atoms in total. The molecule has 7 rings (SSSR count). The summed E-state index contributed by atoms with van der Waals surface area (Å²) < 4.78 is 2.20. The van der Waals surface area contributed by atoms with Gasteiger partial charge in [0.15, 0.2) is 0 Å². The van der Waals surface area contributed by atoms with Crippen molar-refractivity contribution in [2.75, 3.05) is 11.9 Å². The zero-order chi connectivity index (χ0) is 21.8. The molecule has 2 aromatic heterocycles. The number of benzene rings is 4. The standard InChI is InChI=1S/C29H20N4/c1-2-9-19(10-3-1)27-28-24(14-8-16-30-28)31-29(32-27)33-25-15-7-6-13-22(25)23-17-20-11-4-5-12-21(20)18-26(23)33/h1-15,17-18,30H,16H2. The molecule has 0 amide bonds. The monoisotopic (exact) mass is 424 g/mol. The van der Waals surface area contributed by atoms with E-state index in [-0.39, 0.29) is 0 Å². The van der Waals surface area contributed by atoms with E-state index in [4.69, 9.17) is 9.97 Å². The van der Waals surface area contributed by atoms with E-state index in [0.717, 1.165) is 40.2 Å². The van der Waals surface area contributed by atoms with Crippen LogP contribution in [0.2, 0.25) is 0 Å². The summed E-state index contributed by atoms with van der Waals surface area (Å²) in [6, 6.07) is 31.9. The van der Waals surface area contributed by atoms with Crippen LogP contribution in [0.5, 0.6) is 0 Å². The maximum atomic E-state index is 5.13. The number of hydrogen-bond donors (Lipinski definition) is 1. The fourth-order valence-corrected chi connectivity index (χ4v) is 4.87. The Bertz CT molecular complexity index is 1710. The molecule has 33 heavy (non-hydrogen) atoms. The largest absolute Gasteiger partial charge is 0.378 e. The highest BCUT2D eigenvalue weighted by atomic mass is 15.2. The van der Waals surface area contributed by atoms with Crippen LogP contribution < -0.4 is 5.32 Å². The summed E-state index contributed by atoms with van der Waals surface area (Å²) in [6.07, 6.45) is 4.19. The average molecular weight is 425 g/mol. The van der Waals surface area contributed by atoms with Crippen molar-refractivity contribution in [3.8, 4) is 17.2 Å². The van der Waals surface area contributed by atoms with Gasteiger partial charge in [-0.3, -0.25) is 4.57 Å². The summed E-state index contributed by atoms with van der Waals surface area (Å²) in [5.41, 5.74) is 6.12. The van der Waals surface area contributed by atoms with Gasteiger partial charge in [0.05, 0.1) is 28.1 Å². The number of nitrogens with one attached hydrogen (secondary N) is 1. The van der Waals surface area contributed by atoms with E-state index in [9.17, 15) is 0 Å². The van der Waals surface area contributed by atoms with E-state index in [1.807, 2.05) is 6.07 Å². The zero-order valence-electron chi connectivity index (χ0n) is 17.9. The Morgan fingerprint density at radius 3 is 2.33 bits per heavy atom. The van der Waals surface area contributed by atoms with Crippen LogP contribution in [0.25, 0.3) is 55.9 Å². The SMILES string of the molecule is C1=Cc2nc(-n3c4ccccc4c4cc5ccccc5cc43)nc(-c3ccccc3)c2NC1. The molecule has 4 aromatic carbocycles. The lowest BCUT2D eigenvalue weighted by Gasteiger charge is -2.18. The lowest BCUT2D eigenvalue weighted by Crippen LogP contribution is -2.12. The molecule has 0 saturated carbocycles. The van der Waals surface area contributed by atoms with Gasteiger partial charge >= 0.3 is 0 Å². The summed E-state index contributed by atoms with van der Waals surface area (Å²) in [5.74, 6) is 0.683. The Labute approximate surface area is 190 Å². The third-order valence-electron chi connectivity index (χ3n) is 6.38. The Hall–Kier alpha value is -4.44. The molecule has 0 aliphatic carbocycles. The second-order valence-electron chi connectivity index (χ2n) is 8.35. The number of para-hydroxylation sites is 1. The fraction of sp³-hybridized carbons (Fsp3) is 0.0345. The van der Waals surface area contributed by atoms with Gasteiger partial charge in [0.2, 0.25) is 5.95 Å². The molecule has 0 fully saturated rings. The van der Waals surface area contributed by atoms with Crippen molar-refractivity contribution in [1.82, 2.24) is 14.5 Å². The minimum atomic E-state index is 0.683. The molecule has 0 bridgehead atoms. The molecule has 1 N–H and O–H groups in total. The lowest BCUT2D eigenvalue weighted by atomic mass is 10.1. The van der Waals surface area contributed by atoms with Crippen molar-refractivity contribution in [2.24, 2.45) is 0 Å². The van der Waals surface area contributed by atoms with Crippen LogP contribution in [-0.2, 0) is 0 Å². The normalized spacial score (nSPS) is 12.8. The quantitative estimate of drug-likeness (QED) is 0.331. The second-order valence-corrected chi connectivity index (χ2v) is 8.35. The van der Waals surface area contributed by atoms with Crippen LogP contribution in [-0.4, -0.2) is 21.1 Å². The molecule has 0 atom stereocenters. The predicted octanol–water partition coefficient (Wildman–Crippen LogP) is 6.83. The first-order valence-electron chi connectivity index (χ1n) is 11.2. The van der Waals surface area contributed by atoms with Crippen LogP contribution in [0.15, 0.2) is 97.1 Å². The van der Waals surface area contributed by atoms with E-state index in [0.29, 0.717) is 5.95 Å². The number of anilines is 1. The lowest BCUT2D eigenvalue weighted by molar-refractivity contribution is 0.982. The number of fused-ring (bicyclic) bond motifs is 5. The smallest absolute Gasteiger partial charge is 0.235 e. The third-order valence-corrected chi connectivity index (χ3v) is 6.38. The summed E-state index contributed by atoms with van der Waals surface area (Å²) in [4.78, 5) is 10.2. The Morgan fingerprint density at radius 2 is 1.45 bits per heavy atom. The molecular weight excluding hydrogens is 404 g/mol. The third kappa shape index (κ3) is 2.77. The maximum Gasteiger partial charge on any atom is 0.235 e. The first kappa shape index (κ1) is 18.2. The van der Waals surface area contributed by atoms with Gasteiger partial charge in [0.25, 0.3) is 0 Å². The fourth-order valence-electron chi connectivity index (χ4n) is 4.87. The Morgan fingerprint density at radius 1 is 0.697 bits per heavy atom. The van der Waals surface area contributed by atoms with Gasteiger partial charge in [-0.1, -0.05) is 78.9 Å². The molecule has 0 radical (unpaired) electrons. The van der Waals surface area contributed by atoms with Gasteiger partial charge in [0.1, 0.15) is 0 Å². The van der Waals surface area contributed by atoms with Gasteiger partial charge in [-0.25, -0.2) is 9.97 Å². The summed E-state index contributed by atoms with van der Waals surface area (Å²) >= 11 is 0. The van der Waals surface area contributed by atoms with Gasteiger partial charge in [-0.2, -0.15) is 0 Å². The summed E-state index contributed by atoms with van der Waals surface area (Å²) in [5, 5.41) is 8.33. The van der Waals surface area contributed by atoms with Crippen LogP contribution in [0.4, 0.5) is 5.69 Å². The van der Waals surface area contributed by atoms with Crippen LogP contribution in [0, 0.1) is 0 Å². The van der Waals surface area contributed by atoms with Gasteiger partial charge in [-0.05, 0) is 35.0 Å². The molecule has 1 aliphatic heterocycles. The molecule has 4 heteroatoms. The molecule has 3 heterocycles. The first-order valence-corrected chi connectivity index (χ1v) is 11.2. The van der Waals surface area contributed by atoms with Crippen molar-refractivity contribution < 1.29 is 0 Å². The van der Waals surface area contributed by atoms with E-state index in [1.54, 1.807) is 0 Å². The van der Waals surface area contributed by atoms with Crippen molar-refractivity contribution in [2.45, 2.75) is 0 Å². The molecule has 156 valence electrons. The number of rotatable bonds is 2. The highest BCUT2D eigenvalue weighted by Crippen LogP contribution is 2.36.